The highest BCUT2D eigenvalue weighted by Gasteiger charge is 2.50. The summed E-state index contributed by atoms with van der Waals surface area (Å²) < 4.78 is 12.1. The molecule has 1 aliphatic carbocycles. The standard InChI is InChI=1S/C41H25BN2OS/c1-41(2)27-15-5-3-12-23(27)34-24-13-9-14-25-35-36-30(21-26-22-11-4-8-20-33(22)46-39(26)35)43-29-17-6-7-18-31(29)45-32-19-10-16-28(38(32)43)42(36)44(37(24)25)40(34)41/h3-21H,1-2H3. The van der Waals surface area contributed by atoms with Gasteiger partial charge in [0, 0.05) is 64.6 Å². The van der Waals surface area contributed by atoms with Crippen LogP contribution in [0.2, 0.25) is 0 Å². The number of anilines is 3. The van der Waals surface area contributed by atoms with Crippen molar-refractivity contribution in [3.8, 4) is 33.8 Å². The van der Waals surface area contributed by atoms with E-state index in [1.807, 2.05) is 11.3 Å². The molecule has 214 valence electrons. The number of rotatable bonds is 0. The number of thiophene rings is 1. The van der Waals surface area contributed by atoms with Crippen molar-refractivity contribution >= 4 is 77.2 Å². The van der Waals surface area contributed by atoms with Crippen molar-refractivity contribution < 1.29 is 4.74 Å². The molecular weight excluding hydrogens is 579 g/mol. The minimum absolute atomic E-state index is 0.00871. The van der Waals surface area contributed by atoms with Crippen LogP contribution in [0, 0.1) is 0 Å². The Morgan fingerprint density at radius 1 is 0.674 bits per heavy atom. The summed E-state index contributed by atoms with van der Waals surface area (Å²) in [5.74, 6) is 1.81. The van der Waals surface area contributed by atoms with Crippen molar-refractivity contribution in [3.05, 3.63) is 127 Å². The lowest BCUT2D eigenvalue weighted by Crippen LogP contribution is -2.58. The Morgan fingerprint density at radius 3 is 2.39 bits per heavy atom. The van der Waals surface area contributed by atoms with Crippen LogP contribution in [0.3, 0.4) is 0 Å². The normalized spacial score (nSPS) is 15.4. The Bertz CT molecular complexity index is 2730. The third kappa shape index (κ3) is 2.53. The van der Waals surface area contributed by atoms with Gasteiger partial charge in [0.05, 0.1) is 11.4 Å². The SMILES string of the molecule is CC1(C)c2ccccc2-c2c1n1c3c(cccc23)-c2c3c(cc4c2sc2ccccc24)N2c4ccccc4Oc4cccc(c42)B31. The van der Waals surface area contributed by atoms with E-state index in [9.17, 15) is 0 Å². The summed E-state index contributed by atoms with van der Waals surface area (Å²) in [7, 11) is 0. The first kappa shape index (κ1) is 24.0. The quantitative estimate of drug-likeness (QED) is 0.160. The maximum Gasteiger partial charge on any atom is 0.333 e. The smallest absolute Gasteiger partial charge is 0.333 e. The van der Waals surface area contributed by atoms with Crippen LogP contribution in [0.15, 0.2) is 115 Å². The maximum atomic E-state index is 6.68. The Balaban J connectivity index is 1.34. The molecule has 4 aliphatic rings. The molecule has 0 amide bonds. The van der Waals surface area contributed by atoms with Gasteiger partial charge in [-0.1, -0.05) is 98.8 Å². The molecule has 5 heterocycles. The van der Waals surface area contributed by atoms with Gasteiger partial charge >= 0.3 is 6.85 Å². The van der Waals surface area contributed by atoms with Gasteiger partial charge in [0.25, 0.3) is 0 Å². The summed E-state index contributed by atoms with van der Waals surface area (Å²) in [6.45, 7) is 4.84. The average molecular weight is 605 g/mol. The van der Waals surface area contributed by atoms with Crippen LogP contribution < -0.4 is 20.6 Å². The number of aromatic nitrogens is 1. The Hall–Kier alpha value is -5.26. The van der Waals surface area contributed by atoms with Gasteiger partial charge in [0.15, 0.2) is 11.5 Å². The largest absolute Gasteiger partial charge is 0.453 e. The van der Waals surface area contributed by atoms with Crippen LogP contribution in [0.4, 0.5) is 17.1 Å². The summed E-state index contributed by atoms with van der Waals surface area (Å²) in [5.41, 5.74) is 15.7. The minimum atomic E-state index is -0.156. The zero-order chi connectivity index (χ0) is 30.1. The number of ether oxygens (including phenoxy) is 1. The van der Waals surface area contributed by atoms with Gasteiger partial charge < -0.3 is 14.1 Å². The van der Waals surface area contributed by atoms with Crippen molar-refractivity contribution in [1.82, 2.24) is 4.48 Å². The van der Waals surface area contributed by atoms with Gasteiger partial charge in [-0.25, -0.2) is 0 Å². The molecule has 0 unspecified atom stereocenters. The zero-order valence-electron chi connectivity index (χ0n) is 25.3. The van der Waals surface area contributed by atoms with Crippen molar-refractivity contribution in [2.75, 3.05) is 4.90 Å². The van der Waals surface area contributed by atoms with Crippen molar-refractivity contribution in [2.45, 2.75) is 19.3 Å². The summed E-state index contributed by atoms with van der Waals surface area (Å²) >= 11 is 1.94. The maximum absolute atomic E-state index is 6.68. The Labute approximate surface area is 270 Å². The van der Waals surface area contributed by atoms with Crippen molar-refractivity contribution in [2.24, 2.45) is 0 Å². The Kier molecular flexibility index (Phi) is 4.05. The van der Waals surface area contributed by atoms with Crippen LogP contribution >= 0.6 is 11.3 Å². The molecule has 0 N–H and O–H groups in total. The summed E-state index contributed by atoms with van der Waals surface area (Å²) in [6, 6.07) is 42.7. The molecule has 3 aliphatic heterocycles. The highest BCUT2D eigenvalue weighted by molar-refractivity contribution is 7.26. The summed E-state index contributed by atoms with van der Waals surface area (Å²) in [6.07, 6.45) is 0. The molecule has 6 aromatic carbocycles. The number of para-hydroxylation sites is 4. The number of nitrogens with zero attached hydrogens (tertiary/aromatic N) is 2. The minimum Gasteiger partial charge on any atom is -0.453 e. The first-order valence-electron chi connectivity index (χ1n) is 16.1. The fourth-order valence-electron chi connectivity index (χ4n) is 9.40. The van der Waals surface area contributed by atoms with E-state index >= 15 is 0 Å². The lowest BCUT2D eigenvalue weighted by molar-refractivity contribution is 0.477. The predicted molar refractivity (Wildman–Crippen MR) is 193 cm³/mol. The summed E-state index contributed by atoms with van der Waals surface area (Å²) in [4.78, 5) is 2.50. The second kappa shape index (κ2) is 7.75. The van der Waals surface area contributed by atoms with Gasteiger partial charge in [-0.2, -0.15) is 0 Å². The molecule has 0 radical (unpaired) electrons. The third-order valence-corrected chi connectivity index (χ3v) is 12.3. The fourth-order valence-corrected chi connectivity index (χ4v) is 10.7. The zero-order valence-corrected chi connectivity index (χ0v) is 26.1. The second-order valence-corrected chi connectivity index (χ2v) is 14.7. The second-order valence-electron chi connectivity index (χ2n) is 13.6. The average Bonchev–Trinajstić information content (AvgIpc) is 3.71. The van der Waals surface area contributed by atoms with E-state index in [1.54, 1.807) is 0 Å². The first-order chi connectivity index (χ1) is 22.6. The van der Waals surface area contributed by atoms with Gasteiger partial charge in [-0.05, 0) is 52.4 Å². The van der Waals surface area contributed by atoms with E-state index in [0.29, 0.717) is 0 Å². The van der Waals surface area contributed by atoms with Gasteiger partial charge in [-0.3, -0.25) is 0 Å². The van der Waals surface area contributed by atoms with Gasteiger partial charge in [0.2, 0.25) is 0 Å². The van der Waals surface area contributed by atoms with E-state index in [0.717, 1.165) is 22.9 Å². The van der Waals surface area contributed by atoms with Crippen LogP contribution in [0.1, 0.15) is 25.1 Å². The number of benzene rings is 6. The molecule has 0 atom stereocenters. The van der Waals surface area contributed by atoms with Crippen LogP contribution in [-0.4, -0.2) is 11.3 Å². The molecule has 0 saturated heterocycles. The molecule has 0 spiro atoms. The van der Waals surface area contributed by atoms with Crippen molar-refractivity contribution in [3.63, 3.8) is 0 Å². The molecule has 0 saturated carbocycles. The van der Waals surface area contributed by atoms with Crippen LogP contribution in [0.5, 0.6) is 11.5 Å². The molecule has 3 nitrogen and oxygen atoms in total. The number of fused-ring (bicyclic) bond motifs is 15. The predicted octanol–water partition coefficient (Wildman–Crippen LogP) is 9.84. The molecule has 2 aromatic heterocycles. The lowest BCUT2D eigenvalue weighted by Gasteiger charge is -2.44. The van der Waals surface area contributed by atoms with E-state index in [2.05, 4.69) is 138 Å². The highest BCUT2D eigenvalue weighted by Crippen LogP contribution is 2.58. The molecule has 5 heteroatoms. The van der Waals surface area contributed by atoms with E-state index in [1.165, 1.54) is 81.2 Å². The van der Waals surface area contributed by atoms with Crippen LogP contribution in [-0.2, 0) is 5.41 Å². The highest BCUT2D eigenvalue weighted by atomic mass is 32.1. The topological polar surface area (TPSA) is 17.4 Å². The lowest BCUT2D eigenvalue weighted by atomic mass is 9.44. The van der Waals surface area contributed by atoms with Gasteiger partial charge in [-0.15, -0.1) is 11.3 Å². The Morgan fingerprint density at radius 2 is 1.43 bits per heavy atom. The van der Waals surface area contributed by atoms with Crippen LogP contribution in [0.25, 0.3) is 53.3 Å². The third-order valence-electron chi connectivity index (χ3n) is 11.1. The molecule has 0 fully saturated rings. The molecule has 8 aromatic rings. The van der Waals surface area contributed by atoms with E-state index < -0.39 is 0 Å². The monoisotopic (exact) mass is 604 g/mol. The molecule has 46 heavy (non-hydrogen) atoms. The van der Waals surface area contributed by atoms with Crippen molar-refractivity contribution in [1.29, 1.82) is 0 Å². The van der Waals surface area contributed by atoms with E-state index in [4.69, 9.17) is 4.74 Å². The molecule has 12 rings (SSSR count). The number of hydrogen-bond acceptors (Lipinski definition) is 3. The van der Waals surface area contributed by atoms with E-state index in [-0.39, 0.29) is 12.3 Å². The van der Waals surface area contributed by atoms with Gasteiger partial charge in [0.1, 0.15) is 0 Å². The fraction of sp³-hybridized carbons (Fsp3) is 0.0732. The number of hydrogen-bond donors (Lipinski definition) is 0. The molecular formula is C41H25BN2OS. The summed E-state index contributed by atoms with van der Waals surface area (Å²) in [5, 5.41) is 4.00. The first-order valence-corrected chi connectivity index (χ1v) is 16.9. The molecule has 0 bridgehead atoms.